The zero-order valence-corrected chi connectivity index (χ0v) is 12.4. The van der Waals surface area contributed by atoms with Gasteiger partial charge in [0.2, 0.25) is 0 Å². The maximum atomic E-state index is 5.72. The Kier molecular flexibility index (Phi) is 4.06. The lowest BCUT2D eigenvalue weighted by atomic mass is 9.96. The van der Waals surface area contributed by atoms with Crippen LogP contribution in [0.5, 0.6) is 0 Å². The van der Waals surface area contributed by atoms with Crippen molar-refractivity contribution in [2.24, 2.45) is 18.7 Å². The van der Waals surface area contributed by atoms with Gasteiger partial charge in [0.05, 0.1) is 11.0 Å². The molecule has 108 valence electrons. The van der Waals surface area contributed by atoms with Crippen molar-refractivity contribution in [3.63, 3.8) is 0 Å². The van der Waals surface area contributed by atoms with Crippen molar-refractivity contribution in [2.45, 2.75) is 51.5 Å². The number of aryl methyl sites for hydroxylation is 1. The molecule has 1 aliphatic rings. The summed E-state index contributed by atoms with van der Waals surface area (Å²) >= 11 is 0. The van der Waals surface area contributed by atoms with Gasteiger partial charge in [-0.15, -0.1) is 0 Å². The monoisotopic (exact) mass is 271 g/mol. The molecule has 20 heavy (non-hydrogen) atoms. The summed E-state index contributed by atoms with van der Waals surface area (Å²) in [6, 6.07) is 6.40. The van der Waals surface area contributed by atoms with Gasteiger partial charge in [-0.25, -0.2) is 4.98 Å². The van der Waals surface area contributed by atoms with E-state index in [4.69, 9.17) is 10.7 Å². The summed E-state index contributed by atoms with van der Waals surface area (Å²) < 4.78 is 2.26. The van der Waals surface area contributed by atoms with Gasteiger partial charge in [0.15, 0.2) is 0 Å². The highest BCUT2D eigenvalue weighted by molar-refractivity contribution is 5.76. The van der Waals surface area contributed by atoms with E-state index in [1.165, 1.54) is 49.9 Å². The van der Waals surface area contributed by atoms with E-state index in [0.717, 1.165) is 23.4 Å². The predicted molar refractivity (Wildman–Crippen MR) is 83.5 cm³/mol. The van der Waals surface area contributed by atoms with Crippen LogP contribution < -0.4 is 5.73 Å². The Morgan fingerprint density at radius 1 is 1.20 bits per heavy atom. The number of hydrogen-bond donors (Lipinski definition) is 1. The topological polar surface area (TPSA) is 43.8 Å². The second-order valence-corrected chi connectivity index (χ2v) is 6.18. The molecule has 0 bridgehead atoms. The summed E-state index contributed by atoms with van der Waals surface area (Å²) in [6.07, 6.45) is 9.49. The highest BCUT2D eigenvalue weighted by atomic mass is 15.1. The van der Waals surface area contributed by atoms with Crippen molar-refractivity contribution in [3.05, 3.63) is 29.6 Å². The number of hydrogen-bond acceptors (Lipinski definition) is 2. The number of fused-ring (bicyclic) bond motifs is 1. The molecule has 0 aliphatic heterocycles. The van der Waals surface area contributed by atoms with E-state index in [9.17, 15) is 0 Å². The van der Waals surface area contributed by atoms with E-state index >= 15 is 0 Å². The van der Waals surface area contributed by atoms with E-state index < -0.39 is 0 Å². The zero-order chi connectivity index (χ0) is 13.9. The second kappa shape index (κ2) is 5.96. The fraction of sp³-hybridized carbons (Fsp3) is 0.588. The summed E-state index contributed by atoms with van der Waals surface area (Å²) in [6.45, 7) is 0.588. The molecular formula is C17H25N3. The molecule has 3 nitrogen and oxygen atoms in total. The third-order valence-electron chi connectivity index (χ3n) is 4.72. The first kappa shape index (κ1) is 13.6. The number of nitrogens with zero attached hydrogens (tertiary/aromatic N) is 2. The maximum Gasteiger partial charge on any atom is 0.109 e. The Balaban J connectivity index is 1.85. The fourth-order valence-electron chi connectivity index (χ4n) is 3.43. The largest absolute Gasteiger partial charge is 0.331 e. The highest BCUT2D eigenvalue weighted by Gasteiger charge is 2.16. The van der Waals surface area contributed by atoms with Crippen LogP contribution in [-0.4, -0.2) is 9.55 Å². The quantitative estimate of drug-likeness (QED) is 0.868. The van der Waals surface area contributed by atoms with Crippen LogP contribution in [0.4, 0.5) is 0 Å². The van der Waals surface area contributed by atoms with Gasteiger partial charge in [0.25, 0.3) is 0 Å². The van der Waals surface area contributed by atoms with Crippen LogP contribution in [0.1, 0.15) is 49.9 Å². The van der Waals surface area contributed by atoms with Crippen LogP contribution in [-0.2, 0) is 20.0 Å². The molecule has 1 aromatic carbocycles. The SMILES string of the molecule is Cn1c(CC2CCCCCC2)nc2cc(CN)ccc21. The Bertz CT molecular complexity index is 577. The van der Waals surface area contributed by atoms with Crippen molar-refractivity contribution in [2.75, 3.05) is 0 Å². The van der Waals surface area contributed by atoms with Crippen LogP contribution in [0.15, 0.2) is 18.2 Å². The normalized spacial score (nSPS) is 17.5. The first-order valence-electron chi connectivity index (χ1n) is 7.92. The fourth-order valence-corrected chi connectivity index (χ4v) is 3.43. The van der Waals surface area contributed by atoms with Crippen molar-refractivity contribution in [3.8, 4) is 0 Å². The molecule has 0 atom stereocenters. The van der Waals surface area contributed by atoms with E-state index in [1.807, 2.05) is 0 Å². The van der Waals surface area contributed by atoms with Gasteiger partial charge in [-0.3, -0.25) is 0 Å². The zero-order valence-electron chi connectivity index (χ0n) is 12.4. The van der Waals surface area contributed by atoms with Crippen molar-refractivity contribution in [1.82, 2.24) is 9.55 Å². The lowest BCUT2D eigenvalue weighted by Gasteiger charge is -2.13. The molecule has 1 aromatic heterocycles. The predicted octanol–water partition coefficient (Wildman–Crippen LogP) is 3.54. The number of aromatic nitrogens is 2. The van der Waals surface area contributed by atoms with Gasteiger partial charge in [0, 0.05) is 20.0 Å². The summed E-state index contributed by atoms with van der Waals surface area (Å²) in [5.41, 5.74) is 9.21. The number of nitrogens with two attached hydrogens (primary N) is 1. The van der Waals surface area contributed by atoms with Crippen LogP contribution in [0, 0.1) is 5.92 Å². The molecule has 0 radical (unpaired) electrons. The molecule has 0 unspecified atom stereocenters. The standard InChI is InChI=1S/C17H25N3/c1-20-16-9-8-14(12-18)10-15(16)19-17(20)11-13-6-4-2-3-5-7-13/h8-10,13H,2-7,11-12,18H2,1H3. The van der Waals surface area contributed by atoms with E-state index in [-0.39, 0.29) is 0 Å². The number of benzene rings is 1. The first-order chi connectivity index (χ1) is 9.78. The van der Waals surface area contributed by atoms with Crippen molar-refractivity contribution in [1.29, 1.82) is 0 Å². The van der Waals surface area contributed by atoms with Crippen molar-refractivity contribution < 1.29 is 0 Å². The Morgan fingerprint density at radius 2 is 1.95 bits per heavy atom. The summed E-state index contributed by atoms with van der Waals surface area (Å²) in [7, 11) is 2.14. The molecule has 1 heterocycles. The summed E-state index contributed by atoms with van der Waals surface area (Å²) in [5.74, 6) is 2.06. The molecule has 1 aliphatic carbocycles. The van der Waals surface area contributed by atoms with E-state index in [0.29, 0.717) is 6.54 Å². The minimum absolute atomic E-state index is 0.588. The smallest absolute Gasteiger partial charge is 0.109 e. The lowest BCUT2D eigenvalue weighted by molar-refractivity contribution is 0.444. The Labute approximate surface area is 121 Å². The molecule has 3 heteroatoms. The minimum Gasteiger partial charge on any atom is -0.331 e. The van der Waals surface area contributed by atoms with Crippen LogP contribution in [0.2, 0.25) is 0 Å². The van der Waals surface area contributed by atoms with Gasteiger partial charge in [-0.1, -0.05) is 44.6 Å². The van der Waals surface area contributed by atoms with Crippen LogP contribution in [0.25, 0.3) is 11.0 Å². The van der Waals surface area contributed by atoms with E-state index in [2.05, 4.69) is 29.8 Å². The number of imidazole rings is 1. The van der Waals surface area contributed by atoms with Gasteiger partial charge in [-0.05, 0) is 23.6 Å². The Morgan fingerprint density at radius 3 is 2.65 bits per heavy atom. The summed E-state index contributed by atoms with van der Waals surface area (Å²) in [4.78, 5) is 4.85. The highest BCUT2D eigenvalue weighted by Crippen LogP contribution is 2.27. The summed E-state index contributed by atoms with van der Waals surface area (Å²) in [5, 5.41) is 0. The molecule has 0 amide bonds. The molecule has 3 rings (SSSR count). The van der Waals surface area contributed by atoms with Gasteiger partial charge < -0.3 is 10.3 Å². The third-order valence-corrected chi connectivity index (χ3v) is 4.72. The maximum absolute atomic E-state index is 5.72. The molecule has 1 saturated carbocycles. The molecule has 2 aromatic rings. The Hall–Kier alpha value is -1.35. The lowest BCUT2D eigenvalue weighted by Crippen LogP contribution is -2.08. The molecular weight excluding hydrogens is 246 g/mol. The van der Waals surface area contributed by atoms with Crippen LogP contribution >= 0.6 is 0 Å². The molecule has 0 saturated heterocycles. The average molecular weight is 271 g/mol. The van der Waals surface area contributed by atoms with Crippen LogP contribution in [0.3, 0.4) is 0 Å². The van der Waals surface area contributed by atoms with Gasteiger partial charge in [-0.2, -0.15) is 0 Å². The third kappa shape index (κ3) is 2.73. The van der Waals surface area contributed by atoms with E-state index in [1.54, 1.807) is 0 Å². The minimum atomic E-state index is 0.588. The molecule has 2 N–H and O–H groups in total. The average Bonchev–Trinajstić information content (AvgIpc) is 2.66. The van der Waals surface area contributed by atoms with Crippen molar-refractivity contribution >= 4 is 11.0 Å². The first-order valence-corrected chi connectivity index (χ1v) is 7.92. The molecule has 1 fully saturated rings. The van der Waals surface area contributed by atoms with Gasteiger partial charge in [0.1, 0.15) is 5.82 Å². The second-order valence-electron chi connectivity index (χ2n) is 6.18. The van der Waals surface area contributed by atoms with Gasteiger partial charge >= 0.3 is 0 Å². The number of rotatable bonds is 3. The molecule has 0 spiro atoms.